The summed E-state index contributed by atoms with van der Waals surface area (Å²) >= 11 is 1.50. The molecule has 2 heterocycles. The molecule has 0 aliphatic carbocycles. The van der Waals surface area contributed by atoms with Gasteiger partial charge in [-0.1, -0.05) is 0 Å². The van der Waals surface area contributed by atoms with E-state index in [0.717, 1.165) is 5.56 Å². The van der Waals surface area contributed by atoms with Crippen molar-refractivity contribution in [2.24, 2.45) is 0 Å². The third-order valence-electron chi connectivity index (χ3n) is 2.68. The molecule has 5 nitrogen and oxygen atoms in total. The van der Waals surface area contributed by atoms with E-state index in [1.54, 1.807) is 0 Å². The Kier molecular flexibility index (Phi) is 4.41. The maximum Gasteiger partial charge on any atom is 0.433 e. The first-order valence-electron chi connectivity index (χ1n) is 5.84. The molecule has 0 spiro atoms. The number of alkyl halides is 3. The smallest absolute Gasteiger partial charge is 0.379 e. The lowest BCUT2D eigenvalue weighted by atomic mass is 10.2. The molecule has 112 valence electrons. The van der Waals surface area contributed by atoms with Crippen LogP contribution in [0.15, 0.2) is 29.1 Å². The van der Waals surface area contributed by atoms with Crippen LogP contribution in [0.3, 0.4) is 0 Å². The molecular formula is C12H10F3N3O2S. The topological polar surface area (TPSA) is 68.1 Å². The van der Waals surface area contributed by atoms with E-state index in [1.807, 2.05) is 16.8 Å². The summed E-state index contributed by atoms with van der Waals surface area (Å²) < 4.78 is 37.8. The number of thiophene rings is 1. The molecule has 0 aliphatic heterocycles. The van der Waals surface area contributed by atoms with Crippen LogP contribution in [0.1, 0.15) is 11.3 Å². The number of halogens is 3. The van der Waals surface area contributed by atoms with Crippen LogP contribution in [0.5, 0.6) is 0 Å². The van der Waals surface area contributed by atoms with Gasteiger partial charge in [-0.25, -0.2) is 4.98 Å². The van der Waals surface area contributed by atoms with Crippen LogP contribution < -0.4 is 5.32 Å². The first-order valence-corrected chi connectivity index (χ1v) is 6.79. The van der Waals surface area contributed by atoms with E-state index in [0.29, 0.717) is 25.2 Å². The molecule has 0 atom stereocenters. The van der Waals surface area contributed by atoms with Crippen LogP contribution >= 0.6 is 11.3 Å². The van der Waals surface area contributed by atoms with Gasteiger partial charge < -0.3 is 5.32 Å². The summed E-state index contributed by atoms with van der Waals surface area (Å²) in [5.41, 5.74) is -0.808. The third kappa shape index (κ3) is 3.91. The van der Waals surface area contributed by atoms with Gasteiger partial charge >= 0.3 is 11.9 Å². The molecule has 2 rings (SSSR count). The Labute approximate surface area is 121 Å². The second-order valence-corrected chi connectivity index (χ2v) is 4.93. The lowest BCUT2D eigenvalue weighted by molar-refractivity contribution is -0.384. The highest BCUT2D eigenvalue weighted by molar-refractivity contribution is 7.07. The summed E-state index contributed by atoms with van der Waals surface area (Å²) in [6, 6.07) is 2.54. The molecular weight excluding hydrogens is 307 g/mol. The van der Waals surface area contributed by atoms with Gasteiger partial charge in [-0.15, -0.1) is 0 Å². The highest BCUT2D eigenvalue weighted by Gasteiger charge is 2.34. The molecule has 0 radical (unpaired) electrons. The van der Waals surface area contributed by atoms with Crippen molar-refractivity contribution in [3.63, 3.8) is 0 Å². The fourth-order valence-corrected chi connectivity index (χ4v) is 2.37. The molecule has 0 unspecified atom stereocenters. The van der Waals surface area contributed by atoms with Gasteiger partial charge in [-0.2, -0.15) is 24.5 Å². The average molecular weight is 317 g/mol. The van der Waals surface area contributed by atoms with Crippen molar-refractivity contribution >= 4 is 22.7 Å². The Bertz CT molecular complexity index is 629. The Balaban J connectivity index is 2.16. The van der Waals surface area contributed by atoms with Gasteiger partial charge in [0.05, 0.1) is 4.92 Å². The van der Waals surface area contributed by atoms with Crippen molar-refractivity contribution in [3.05, 3.63) is 50.5 Å². The summed E-state index contributed by atoms with van der Waals surface area (Å²) in [6.45, 7) is 0.291. The van der Waals surface area contributed by atoms with Crippen LogP contribution in [-0.2, 0) is 12.6 Å². The number of rotatable bonds is 5. The molecule has 0 amide bonds. The number of nitrogens with zero attached hydrogens (tertiary/aromatic N) is 2. The molecule has 9 heteroatoms. The van der Waals surface area contributed by atoms with E-state index < -0.39 is 22.5 Å². The van der Waals surface area contributed by atoms with Crippen molar-refractivity contribution in [3.8, 4) is 0 Å². The largest absolute Gasteiger partial charge is 0.433 e. The second kappa shape index (κ2) is 6.08. The lowest BCUT2D eigenvalue weighted by Crippen LogP contribution is -2.12. The minimum Gasteiger partial charge on any atom is -0.379 e. The van der Waals surface area contributed by atoms with Crippen molar-refractivity contribution in [1.82, 2.24) is 4.98 Å². The van der Waals surface area contributed by atoms with Crippen molar-refractivity contribution < 1.29 is 18.1 Å². The zero-order valence-corrected chi connectivity index (χ0v) is 11.4. The van der Waals surface area contributed by atoms with Gasteiger partial charge in [-0.05, 0) is 34.9 Å². The van der Waals surface area contributed by atoms with E-state index in [-0.39, 0.29) is 5.69 Å². The molecule has 1 N–H and O–H groups in total. The Morgan fingerprint density at radius 3 is 2.76 bits per heavy atom. The van der Waals surface area contributed by atoms with Crippen LogP contribution in [0.4, 0.5) is 24.5 Å². The summed E-state index contributed by atoms with van der Waals surface area (Å²) in [7, 11) is 0. The minimum atomic E-state index is -4.64. The number of nitrogens with one attached hydrogen (secondary N) is 1. The molecule has 2 aromatic heterocycles. The van der Waals surface area contributed by atoms with E-state index in [2.05, 4.69) is 10.3 Å². The van der Waals surface area contributed by atoms with Crippen LogP contribution in [0.25, 0.3) is 0 Å². The number of hydrogen-bond donors (Lipinski definition) is 1. The molecule has 2 aromatic rings. The highest BCUT2D eigenvalue weighted by Crippen LogP contribution is 2.32. The predicted octanol–water partition coefficient (Wildman–Crippen LogP) is 3.72. The van der Waals surface area contributed by atoms with Crippen molar-refractivity contribution in [2.45, 2.75) is 12.6 Å². The lowest BCUT2D eigenvalue weighted by Gasteiger charge is -2.10. The van der Waals surface area contributed by atoms with Crippen molar-refractivity contribution in [2.75, 3.05) is 11.9 Å². The first-order chi connectivity index (χ1) is 9.88. The fraction of sp³-hybridized carbons (Fsp3) is 0.250. The quantitative estimate of drug-likeness (QED) is 0.674. The van der Waals surface area contributed by atoms with Crippen molar-refractivity contribution in [1.29, 1.82) is 0 Å². The number of pyridine rings is 1. The number of nitro groups is 1. The Morgan fingerprint density at radius 1 is 1.43 bits per heavy atom. The summed E-state index contributed by atoms with van der Waals surface area (Å²) in [4.78, 5) is 13.1. The van der Waals surface area contributed by atoms with Crippen LogP contribution in [0.2, 0.25) is 0 Å². The van der Waals surface area contributed by atoms with Gasteiger partial charge in [0, 0.05) is 6.54 Å². The maximum absolute atomic E-state index is 12.6. The fourth-order valence-electron chi connectivity index (χ4n) is 1.67. The van der Waals surface area contributed by atoms with E-state index in [4.69, 9.17) is 0 Å². The molecule has 0 fully saturated rings. The number of anilines is 1. The van der Waals surface area contributed by atoms with E-state index in [1.165, 1.54) is 11.3 Å². The third-order valence-corrected chi connectivity index (χ3v) is 3.41. The average Bonchev–Trinajstić information content (AvgIpc) is 2.90. The van der Waals surface area contributed by atoms with Gasteiger partial charge in [0.2, 0.25) is 0 Å². The van der Waals surface area contributed by atoms with E-state index in [9.17, 15) is 23.3 Å². The molecule has 0 bridgehead atoms. The normalized spacial score (nSPS) is 11.4. The minimum absolute atomic E-state index is 0.183. The highest BCUT2D eigenvalue weighted by atomic mass is 32.1. The molecule has 21 heavy (non-hydrogen) atoms. The maximum atomic E-state index is 12.6. The number of aromatic nitrogens is 1. The predicted molar refractivity (Wildman–Crippen MR) is 72.4 cm³/mol. The first kappa shape index (κ1) is 15.2. The van der Waals surface area contributed by atoms with Crippen LogP contribution in [0, 0.1) is 10.1 Å². The SMILES string of the molecule is O=[N+]([O-])c1cnc(C(F)(F)F)cc1NCCc1ccsc1. The zero-order valence-electron chi connectivity index (χ0n) is 10.6. The van der Waals surface area contributed by atoms with Gasteiger partial charge in [0.15, 0.2) is 0 Å². The molecule has 0 saturated heterocycles. The molecule has 0 aliphatic rings. The standard InChI is InChI=1S/C12H10F3N3O2S/c13-12(14,15)11-5-9(10(6-17-11)18(19)20)16-3-1-8-2-4-21-7-8/h2,4-7H,1,3H2,(H,16,17). The van der Waals surface area contributed by atoms with E-state index >= 15 is 0 Å². The summed E-state index contributed by atoms with van der Waals surface area (Å²) in [5.74, 6) is 0. The van der Waals surface area contributed by atoms with Gasteiger partial charge in [0.25, 0.3) is 0 Å². The molecule has 0 saturated carbocycles. The monoisotopic (exact) mass is 317 g/mol. The Morgan fingerprint density at radius 2 is 2.19 bits per heavy atom. The molecule has 0 aromatic carbocycles. The number of hydrogen-bond acceptors (Lipinski definition) is 5. The second-order valence-electron chi connectivity index (χ2n) is 4.15. The van der Waals surface area contributed by atoms with Gasteiger partial charge in [-0.3, -0.25) is 10.1 Å². The zero-order chi connectivity index (χ0) is 15.5. The van der Waals surface area contributed by atoms with Gasteiger partial charge in [0.1, 0.15) is 17.6 Å². The van der Waals surface area contributed by atoms with Crippen LogP contribution in [-0.4, -0.2) is 16.5 Å². The summed E-state index contributed by atoms with van der Waals surface area (Å²) in [5, 5.41) is 17.3. The Hall–Kier alpha value is -2.16. The summed E-state index contributed by atoms with van der Waals surface area (Å²) in [6.07, 6.45) is -3.46.